The van der Waals surface area contributed by atoms with Crippen molar-refractivity contribution in [3.63, 3.8) is 0 Å². The van der Waals surface area contributed by atoms with Crippen LogP contribution in [0.1, 0.15) is 44.5 Å². The number of hydrogen-bond acceptors (Lipinski definition) is 6. The fourth-order valence-electron chi connectivity index (χ4n) is 15.2. The van der Waals surface area contributed by atoms with Crippen molar-refractivity contribution in [3.8, 4) is 29.0 Å². The SMILES string of the molecule is N#Cc1cccc2c1oc1c(N(c3ccc(C(F)(F)F)cc3)c3cc4c(c5ccccc35)-c3c(cc(N(c5ccc(C(F)(F)F)cc5)c5cccc6c5oc5c(C#N)cccc56)c5ccccc35)C43c4ccccc4-n4c5ccccc5c5cccc3c54)cccc12. The number of fused-ring (bicyclic) bond motifs is 22. The first kappa shape index (κ1) is 53.0. The van der Waals surface area contributed by atoms with Gasteiger partial charge in [-0.1, -0.05) is 152 Å². The van der Waals surface area contributed by atoms with Gasteiger partial charge in [0.1, 0.15) is 12.1 Å². The third kappa shape index (κ3) is 7.15. The Labute approximate surface area is 518 Å². The molecule has 0 fully saturated rings. The third-order valence-corrected chi connectivity index (χ3v) is 18.9. The molecule has 0 bridgehead atoms. The second-order valence-electron chi connectivity index (χ2n) is 23.4. The van der Waals surface area contributed by atoms with Gasteiger partial charge in [0.05, 0.1) is 67.1 Å². The number of benzene rings is 13. The van der Waals surface area contributed by atoms with Gasteiger partial charge in [-0.3, -0.25) is 0 Å². The maximum absolute atomic E-state index is 14.7. The van der Waals surface area contributed by atoms with Gasteiger partial charge < -0.3 is 23.2 Å². The molecule has 0 saturated heterocycles. The molecule has 18 rings (SSSR count). The summed E-state index contributed by atoms with van der Waals surface area (Å²) in [5.41, 5.74) is 10.5. The minimum absolute atomic E-state index is 0.321. The van der Waals surface area contributed by atoms with Crippen LogP contribution in [0.4, 0.5) is 60.5 Å². The number of aromatic nitrogens is 1. The fourth-order valence-corrected chi connectivity index (χ4v) is 15.2. The monoisotopic (exact) mass is 1210 g/mol. The maximum Gasteiger partial charge on any atom is 0.416 e. The second kappa shape index (κ2) is 19.0. The zero-order valence-corrected chi connectivity index (χ0v) is 48.0. The molecule has 13 aromatic carbocycles. The van der Waals surface area contributed by atoms with Gasteiger partial charge in [-0.2, -0.15) is 36.9 Å². The Kier molecular flexibility index (Phi) is 10.9. The summed E-state index contributed by atoms with van der Waals surface area (Å²) in [4.78, 5) is 3.92. The molecular formula is C79H41F6N5O2. The maximum atomic E-state index is 14.7. The summed E-state index contributed by atoms with van der Waals surface area (Å²) < 4.78 is 104. The van der Waals surface area contributed by atoms with Crippen LogP contribution in [0.25, 0.3) is 104 Å². The predicted molar refractivity (Wildman–Crippen MR) is 350 cm³/mol. The summed E-state index contributed by atoms with van der Waals surface area (Å²) in [5.74, 6) is 0. The molecule has 0 amide bonds. The molecule has 92 heavy (non-hydrogen) atoms. The van der Waals surface area contributed by atoms with Crippen molar-refractivity contribution in [3.05, 3.63) is 293 Å². The van der Waals surface area contributed by atoms with Crippen LogP contribution in [0.5, 0.6) is 0 Å². The number of furan rings is 2. The normalized spacial score (nSPS) is 13.2. The van der Waals surface area contributed by atoms with Crippen LogP contribution < -0.4 is 9.80 Å². The Bertz CT molecular complexity index is 5700. The zero-order valence-electron chi connectivity index (χ0n) is 48.0. The molecule has 0 radical (unpaired) electrons. The van der Waals surface area contributed by atoms with E-state index in [1.807, 2.05) is 119 Å². The minimum atomic E-state index is -4.64. The van der Waals surface area contributed by atoms with E-state index in [0.29, 0.717) is 89.1 Å². The van der Waals surface area contributed by atoms with Crippen molar-refractivity contribution < 1.29 is 35.2 Å². The van der Waals surface area contributed by atoms with Gasteiger partial charge in [-0.05, 0) is 141 Å². The predicted octanol–water partition coefficient (Wildman–Crippen LogP) is 22.3. The Morgan fingerprint density at radius 3 is 1.23 bits per heavy atom. The van der Waals surface area contributed by atoms with E-state index in [1.165, 1.54) is 24.3 Å². The van der Waals surface area contributed by atoms with Gasteiger partial charge in [0, 0.05) is 54.5 Å². The molecule has 2 aliphatic rings. The second-order valence-corrected chi connectivity index (χ2v) is 23.4. The van der Waals surface area contributed by atoms with Crippen molar-refractivity contribution in [2.45, 2.75) is 17.8 Å². The first-order chi connectivity index (χ1) is 44.8. The van der Waals surface area contributed by atoms with Crippen LogP contribution in [0.3, 0.4) is 0 Å². The highest BCUT2D eigenvalue weighted by Crippen LogP contribution is 2.66. The summed E-state index contributed by atoms with van der Waals surface area (Å²) in [5, 5.41) is 28.8. The summed E-state index contributed by atoms with van der Waals surface area (Å²) in [6.45, 7) is 0. The fraction of sp³-hybridized carbons (Fsp3) is 0.0380. The number of rotatable bonds is 6. The smallest absolute Gasteiger partial charge is 0.416 e. The standard InChI is InChI=1S/C79H41F6N5O2/c80-78(81,82)46-32-36-48(37-33-46)88(66-30-12-24-58-56-22-9-14-44(42-86)73(56)91-75(58)66)68-40-62-70(53-19-3-1-16-50(53)68)71-54-20-4-2-17-51(54)69(41-63(71)77(62)60-26-6-8-29-65(60)90-64-28-7-5-18-52(64)55-21-11-27-61(77)72(55)90)89(49-38-34-47(35-39-49)79(83,84)85)67-31-13-25-59-57-23-10-15-45(43-87)74(57)92-76(59)67/h1-41H. The third-order valence-electron chi connectivity index (χ3n) is 18.9. The van der Waals surface area contributed by atoms with E-state index < -0.39 is 28.9 Å². The van der Waals surface area contributed by atoms with Crippen LogP contribution in [-0.4, -0.2) is 4.57 Å². The van der Waals surface area contributed by atoms with Crippen LogP contribution in [-0.2, 0) is 17.8 Å². The zero-order chi connectivity index (χ0) is 62.1. The molecule has 1 aliphatic carbocycles. The molecule has 0 unspecified atom stereocenters. The molecule has 0 N–H and O–H groups in total. The number of hydrogen-bond donors (Lipinski definition) is 0. The minimum Gasteiger partial charge on any atom is -0.452 e. The summed E-state index contributed by atoms with van der Waals surface area (Å²) in [7, 11) is 0. The van der Waals surface area contributed by atoms with Gasteiger partial charge in [-0.15, -0.1) is 0 Å². The van der Waals surface area contributed by atoms with Gasteiger partial charge in [0.15, 0.2) is 22.3 Å². The van der Waals surface area contributed by atoms with Crippen molar-refractivity contribution >= 4 is 121 Å². The van der Waals surface area contributed by atoms with E-state index in [0.717, 1.165) is 107 Å². The molecule has 0 atom stereocenters. The van der Waals surface area contributed by atoms with Crippen LogP contribution >= 0.6 is 0 Å². The number of alkyl halides is 6. The molecule has 16 aromatic rings. The highest BCUT2D eigenvalue weighted by Gasteiger charge is 2.53. The molecule has 7 nitrogen and oxygen atoms in total. The lowest BCUT2D eigenvalue weighted by Gasteiger charge is -2.40. The van der Waals surface area contributed by atoms with Crippen molar-refractivity contribution in [2.24, 2.45) is 0 Å². The largest absolute Gasteiger partial charge is 0.452 e. The number of nitriles is 2. The lowest BCUT2D eigenvalue weighted by Crippen LogP contribution is -2.34. The molecule has 1 spiro atoms. The lowest BCUT2D eigenvalue weighted by atomic mass is 9.65. The number of halogens is 6. The molecule has 0 saturated carbocycles. The molecule has 1 aliphatic heterocycles. The number of nitrogens with zero attached hydrogens (tertiary/aromatic N) is 5. The Balaban J connectivity index is 1.02. The molecule has 4 heterocycles. The topological polar surface area (TPSA) is 85.3 Å². The molecule has 13 heteroatoms. The summed E-state index contributed by atoms with van der Waals surface area (Å²) >= 11 is 0. The van der Waals surface area contributed by atoms with Gasteiger partial charge in [0.25, 0.3) is 0 Å². The van der Waals surface area contributed by atoms with E-state index in [-0.39, 0.29) is 0 Å². The van der Waals surface area contributed by atoms with Crippen molar-refractivity contribution in [1.82, 2.24) is 4.57 Å². The van der Waals surface area contributed by atoms with E-state index >= 15 is 0 Å². The van der Waals surface area contributed by atoms with E-state index in [1.54, 1.807) is 24.3 Å². The summed E-state index contributed by atoms with van der Waals surface area (Å²) in [6.07, 6.45) is -9.29. The van der Waals surface area contributed by atoms with Crippen LogP contribution in [0, 0.1) is 22.7 Å². The van der Waals surface area contributed by atoms with Crippen LogP contribution in [0.2, 0.25) is 0 Å². The van der Waals surface area contributed by atoms with E-state index in [2.05, 4.69) is 83.4 Å². The van der Waals surface area contributed by atoms with Crippen molar-refractivity contribution in [1.29, 1.82) is 10.5 Å². The Hall–Kier alpha value is -12.1. The average Bonchev–Trinajstić information content (AvgIpc) is 1.47. The first-order valence-electron chi connectivity index (χ1n) is 29.7. The number of para-hydroxylation sites is 7. The van der Waals surface area contributed by atoms with E-state index in [9.17, 15) is 36.9 Å². The quantitative estimate of drug-likeness (QED) is 0.154. The molecular weight excluding hydrogens is 1160 g/mol. The average molecular weight is 1210 g/mol. The van der Waals surface area contributed by atoms with Gasteiger partial charge >= 0.3 is 12.4 Å². The van der Waals surface area contributed by atoms with Crippen molar-refractivity contribution in [2.75, 3.05) is 9.80 Å². The highest BCUT2D eigenvalue weighted by molar-refractivity contribution is 6.22. The first-order valence-corrected chi connectivity index (χ1v) is 29.7. The van der Waals surface area contributed by atoms with Gasteiger partial charge in [-0.25, -0.2) is 0 Å². The Morgan fingerprint density at radius 2 is 0.739 bits per heavy atom. The summed E-state index contributed by atoms with van der Waals surface area (Å²) in [6, 6.07) is 80.6. The molecule has 436 valence electrons. The Morgan fingerprint density at radius 1 is 0.348 bits per heavy atom. The van der Waals surface area contributed by atoms with Crippen LogP contribution in [0.15, 0.2) is 258 Å². The lowest BCUT2D eigenvalue weighted by molar-refractivity contribution is -0.138. The van der Waals surface area contributed by atoms with Gasteiger partial charge in [0.2, 0.25) is 0 Å². The molecule has 3 aromatic heterocycles. The number of anilines is 6. The van der Waals surface area contributed by atoms with E-state index in [4.69, 9.17) is 8.83 Å². The highest BCUT2D eigenvalue weighted by atomic mass is 19.4.